The van der Waals surface area contributed by atoms with Crippen LogP contribution in [0.5, 0.6) is 0 Å². The number of amides is 2. The lowest BCUT2D eigenvalue weighted by Gasteiger charge is -2.55. The van der Waals surface area contributed by atoms with E-state index in [1.54, 1.807) is 0 Å². The van der Waals surface area contributed by atoms with Crippen molar-refractivity contribution >= 4 is 17.5 Å². The van der Waals surface area contributed by atoms with E-state index in [0.29, 0.717) is 12.1 Å². The van der Waals surface area contributed by atoms with Crippen molar-refractivity contribution in [3.8, 4) is 0 Å². The van der Waals surface area contributed by atoms with E-state index in [4.69, 9.17) is 4.74 Å². The Morgan fingerprint density at radius 2 is 1.42 bits per heavy atom. The first-order valence-electron chi connectivity index (χ1n) is 13.6. The smallest absolute Gasteiger partial charge is 0.255 e. The number of nitrogens with one attached hydrogen (secondary N) is 2. The molecule has 4 bridgehead atoms. The number of carbonyl (C=O) groups excluding carboxylic acids is 2. The molecule has 4 saturated carbocycles. The molecule has 0 aromatic heterocycles. The monoisotopic (exact) mass is 487 g/mol. The van der Waals surface area contributed by atoms with E-state index in [1.807, 2.05) is 36.4 Å². The van der Waals surface area contributed by atoms with Crippen molar-refractivity contribution in [1.82, 2.24) is 10.2 Å². The Morgan fingerprint density at radius 1 is 0.833 bits per heavy atom. The molecule has 190 valence electrons. The summed E-state index contributed by atoms with van der Waals surface area (Å²) in [6.45, 7) is 4.93. The van der Waals surface area contributed by atoms with Crippen LogP contribution in [-0.4, -0.2) is 43.0 Å². The number of hydrogen-bond donors (Lipinski definition) is 2. The molecule has 6 heteroatoms. The highest BCUT2D eigenvalue weighted by Crippen LogP contribution is 2.60. The summed E-state index contributed by atoms with van der Waals surface area (Å²) in [7, 11) is 0. The van der Waals surface area contributed by atoms with Gasteiger partial charge in [-0.05, 0) is 91.7 Å². The third kappa shape index (κ3) is 5.07. The largest absolute Gasteiger partial charge is 0.379 e. The van der Waals surface area contributed by atoms with Gasteiger partial charge in [-0.25, -0.2) is 0 Å². The molecule has 0 radical (unpaired) electrons. The summed E-state index contributed by atoms with van der Waals surface area (Å²) in [5.74, 6) is 2.42. The number of nitrogens with zero attached hydrogens (tertiary/aromatic N) is 1. The molecule has 0 spiro atoms. The van der Waals surface area contributed by atoms with Crippen LogP contribution in [0.4, 0.5) is 5.69 Å². The third-order valence-electron chi connectivity index (χ3n) is 8.91. The minimum Gasteiger partial charge on any atom is -0.379 e. The summed E-state index contributed by atoms with van der Waals surface area (Å²) in [5.41, 5.74) is 3.54. The molecule has 2 aromatic rings. The first-order valence-corrected chi connectivity index (χ1v) is 13.6. The molecule has 2 aromatic carbocycles. The molecule has 2 amide bonds. The van der Waals surface area contributed by atoms with Crippen LogP contribution in [0.2, 0.25) is 0 Å². The van der Waals surface area contributed by atoms with Gasteiger partial charge in [-0.2, -0.15) is 0 Å². The maximum absolute atomic E-state index is 13.2. The van der Waals surface area contributed by atoms with Crippen molar-refractivity contribution in [2.45, 2.75) is 51.6 Å². The molecule has 1 aliphatic heterocycles. The van der Waals surface area contributed by atoms with Crippen LogP contribution in [0.15, 0.2) is 48.5 Å². The van der Waals surface area contributed by atoms with Crippen molar-refractivity contribution in [2.75, 3.05) is 31.6 Å². The van der Waals surface area contributed by atoms with Gasteiger partial charge in [-0.3, -0.25) is 14.5 Å². The van der Waals surface area contributed by atoms with E-state index in [-0.39, 0.29) is 17.2 Å². The van der Waals surface area contributed by atoms with Gasteiger partial charge in [0, 0.05) is 42.8 Å². The van der Waals surface area contributed by atoms with Crippen molar-refractivity contribution < 1.29 is 14.3 Å². The lowest BCUT2D eigenvalue weighted by molar-refractivity contribution is -0.146. The Morgan fingerprint density at radius 3 is 2.03 bits per heavy atom. The maximum Gasteiger partial charge on any atom is 0.255 e. The standard InChI is InChI=1S/C30H37N3O3/c34-28(32-27-7-3-22(4-8-27)20-33-9-11-36-12-10-33)26-5-1-21(2-6-26)19-31-29(35)30-16-23-13-24(17-30)15-25(14-23)18-30/h1-8,23-25H,9-20H2,(H,31,35)(H,32,34). The lowest BCUT2D eigenvalue weighted by atomic mass is 9.49. The van der Waals surface area contributed by atoms with Gasteiger partial charge in [0.05, 0.1) is 13.2 Å². The Balaban J connectivity index is 1.000. The van der Waals surface area contributed by atoms with Gasteiger partial charge in [0.1, 0.15) is 0 Å². The van der Waals surface area contributed by atoms with E-state index >= 15 is 0 Å². The zero-order valence-electron chi connectivity index (χ0n) is 21.0. The van der Waals surface area contributed by atoms with E-state index in [2.05, 4.69) is 27.7 Å². The second-order valence-corrected chi connectivity index (χ2v) is 11.6. The average molecular weight is 488 g/mol. The SMILES string of the molecule is O=C(Nc1ccc(CN2CCOCC2)cc1)c1ccc(CNC(=O)C23CC4CC(CC(C4)C2)C3)cc1. The molecule has 36 heavy (non-hydrogen) atoms. The molecule has 1 heterocycles. The molecule has 4 aliphatic carbocycles. The summed E-state index contributed by atoms with van der Waals surface area (Å²) < 4.78 is 5.41. The normalized spacial score (nSPS) is 29.2. The van der Waals surface area contributed by atoms with Gasteiger partial charge in [0.25, 0.3) is 5.91 Å². The zero-order chi connectivity index (χ0) is 24.5. The van der Waals surface area contributed by atoms with Crippen molar-refractivity contribution in [3.63, 3.8) is 0 Å². The third-order valence-corrected chi connectivity index (χ3v) is 8.91. The molecular formula is C30H37N3O3. The molecule has 1 saturated heterocycles. The summed E-state index contributed by atoms with van der Waals surface area (Å²) in [6, 6.07) is 15.6. The van der Waals surface area contributed by atoms with Gasteiger partial charge >= 0.3 is 0 Å². The van der Waals surface area contributed by atoms with Gasteiger partial charge < -0.3 is 15.4 Å². The first-order chi connectivity index (χ1) is 17.5. The van der Waals surface area contributed by atoms with Crippen molar-refractivity contribution in [3.05, 3.63) is 65.2 Å². The van der Waals surface area contributed by atoms with E-state index < -0.39 is 0 Å². The fourth-order valence-corrected chi connectivity index (χ4v) is 7.45. The second-order valence-electron chi connectivity index (χ2n) is 11.6. The van der Waals surface area contributed by atoms with Gasteiger partial charge in [-0.1, -0.05) is 24.3 Å². The number of carbonyl (C=O) groups is 2. The van der Waals surface area contributed by atoms with Crippen LogP contribution < -0.4 is 10.6 Å². The molecule has 0 atom stereocenters. The summed E-state index contributed by atoms with van der Waals surface area (Å²) in [6.07, 6.45) is 7.27. The number of ether oxygens (including phenoxy) is 1. The average Bonchev–Trinajstić information content (AvgIpc) is 2.88. The highest BCUT2D eigenvalue weighted by atomic mass is 16.5. The predicted molar refractivity (Wildman–Crippen MR) is 139 cm³/mol. The van der Waals surface area contributed by atoms with Crippen molar-refractivity contribution in [2.24, 2.45) is 23.2 Å². The number of benzene rings is 2. The van der Waals surface area contributed by atoms with Crippen LogP contribution in [0, 0.1) is 23.2 Å². The van der Waals surface area contributed by atoms with Crippen LogP contribution in [-0.2, 0) is 22.6 Å². The minimum absolute atomic E-state index is 0.119. The summed E-state index contributed by atoms with van der Waals surface area (Å²) in [5, 5.41) is 6.22. The molecule has 6 nitrogen and oxygen atoms in total. The Bertz CT molecular complexity index is 1050. The summed E-state index contributed by atoms with van der Waals surface area (Å²) in [4.78, 5) is 28.3. The van der Waals surface area contributed by atoms with Crippen LogP contribution in [0.1, 0.15) is 60.0 Å². The molecule has 7 rings (SSSR count). The maximum atomic E-state index is 13.2. The first kappa shape index (κ1) is 23.7. The lowest BCUT2D eigenvalue weighted by Crippen LogP contribution is -2.53. The zero-order valence-corrected chi connectivity index (χ0v) is 21.0. The van der Waals surface area contributed by atoms with E-state index in [0.717, 1.165) is 81.1 Å². The Kier molecular flexibility index (Phi) is 6.57. The number of rotatable bonds is 7. The van der Waals surface area contributed by atoms with Crippen molar-refractivity contribution in [1.29, 1.82) is 0 Å². The Hall–Kier alpha value is -2.70. The number of anilines is 1. The molecular weight excluding hydrogens is 450 g/mol. The van der Waals surface area contributed by atoms with Gasteiger partial charge in [-0.15, -0.1) is 0 Å². The van der Waals surface area contributed by atoms with E-state index in [9.17, 15) is 9.59 Å². The van der Waals surface area contributed by atoms with Gasteiger partial charge in [0.2, 0.25) is 5.91 Å². The molecule has 2 N–H and O–H groups in total. The number of hydrogen-bond acceptors (Lipinski definition) is 4. The summed E-state index contributed by atoms with van der Waals surface area (Å²) >= 11 is 0. The van der Waals surface area contributed by atoms with Crippen LogP contribution >= 0.6 is 0 Å². The molecule has 5 fully saturated rings. The number of morpholine rings is 1. The minimum atomic E-state index is -0.125. The predicted octanol–water partition coefficient (Wildman–Crippen LogP) is 4.60. The fraction of sp³-hybridized carbons (Fsp3) is 0.533. The van der Waals surface area contributed by atoms with Gasteiger partial charge in [0.15, 0.2) is 0 Å². The fourth-order valence-electron chi connectivity index (χ4n) is 7.45. The second kappa shape index (κ2) is 9.98. The van der Waals surface area contributed by atoms with Crippen LogP contribution in [0.3, 0.4) is 0 Å². The Labute approximate surface area is 213 Å². The topological polar surface area (TPSA) is 70.7 Å². The highest BCUT2D eigenvalue weighted by molar-refractivity contribution is 6.04. The van der Waals surface area contributed by atoms with Crippen LogP contribution in [0.25, 0.3) is 0 Å². The molecule has 5 aliphatic rings. The molecule has 0 unspecified atom stereocenters. The van der Waals surface area contributed by atoms with E-state index in [1.165, 1.54) is 24.8 Å². The quantitative estimate of drug-likeness (QED) is 0.599. The highest BCUT2D eigenvalue weighted by Gasteiger charge is 2.54.